The van der Waals surface area contributed by atoms with Gasteiger partial charge in [-0.25, -0.2) is 4.99 Å². The summed E-state index contributed by atoms with van der Waals surface area (Å²) in [6.07, 6.45) is 8.71. The van der Waals surface area contributed by atoms with Crippen LogP contribution in [0.3, 0.4) is 0 Å². The molecule has 0 atom stereocenters. The van der Waals surface area contributed by atoms with Crippen LogP contribution in [0, 0.1) is 0 Å². The summed E-state index contributed by atoms with van der Waals surface area (Å²) >= 11 is 0. The molecule has 0 spiro atoms. The van der Waals surface area contributed by atoms with Crippen LogP contribution in [-0.2, 0) is 11.3 Å². The van der Waals surface area contributed by atoms with E-state index in [0.717, 1.165) is 36.5 Å². The molecule has 0 radical (unpaired) electrons. The molecule has 0 fully saturated rings. The maximum atomic E-state index is 5.81. The van der Waals surface area contributed by atoms with Crippen molar-refractivity contribution in [2.75, 3.05) is 32.1 Å². The number of likely N-dealkylation sites (N-methyl/N-ethyl adjacent to an activating group) is 1. The van der Waals surface area contributed by atoms with Crippen LogP contribution < -0.4 is 5.32 Å². The summed E-state index contributed by atoms with van der Waals surface area (Å²) in [5.41, 5.74) is 3.73. The van der Waals surface area contributed by atoms with E-state index in [1.807, 2.05) is 26.0 Å². The van der Waals surface area contributed by atoms with Crippen LogP contribution in [0.15, 0.2) is 83.0 Å². The summed E-state index contributed by atoms with van der Waals surface area (Å²) in [5.74, 6) is 1.25. The first kappa shape index (κ1) is 22.4. The van der Waals surface area contributed by atoms with Crippen LogP contribution in [0.1, 0.15) is 25.8 Å². The predicted octanol–water partition coefficient (Wildman–Crippen LogP) is 4.97. The number of ether oxygens (including phenoxy) is 1. The highest BCUT2D eigenvalue weighted by atomic mass is 16.5. The first-order valence-corrected chi connectivity index (χ1v) is 9.97. The second-order valence-electron chi connectivity index (χ2n) is 6.90. The Balaban J connectivity index is 2.35. The molecular formula is C24H32N4O. The standard InChI is InChI=1S/C24H32N4O/c1-6-23-16-19(3)20(4)26-24(25-7-2)27-22-13-11-12-21(17-22)18-28(5)14-9-8-10-15-29-23/h6,8-9,11-13,16-17H,1,3,7,10,14-15,18H2,2,4-5H3,(H,25,27)/b9-8+,23-16+,26-20+. The fourth-order valence-corrected chi connectivity index (χ4v) is 2.79. The van der Waals surface area contributed by atoms with Crippen LogP contribution in [0.2, 0.25) is 0 Å². The number of hydrogen-bond acceptors (Lipinski definition) is 3. The van der Waals surface area contributed by atoms with E-state index in [2.05, 4.69) is 70.8 Å². The van der Waals surface area contributed by atoms with Gasteiger partial charge in [0.25, 0.3) is 0 Å². The maximum absolute atomic E-state index is 5.81. The zero-order valence-corrected chi connectivity index (χ0v) is 17.8. The van der Waals surface area contributed by atoms with Crippen molar-refractivity contribution in [3.8, 4) is 0 Å². The average Bonchev–Trinajstić information content (AvgIpc) is 2.69. The third-order valence-corrected chi connectivity index (χ3v) is 4.34. The van der Waals surface area contributed by atoms with Crippen LogP contribution in [-0.4, -0.2) is 43.3 Å². The SMILES string of the molecule is C=C/C1=C\C(=C)/C(C)=N/C(=NCC)Nc2cccc(c2)CN(C)C/C=C/CCO1. The molecule has 5 nitrogen and oxygen atoms in total. The summed E-state index contributed by atoms with van der Waals surface area (Å²) in [6, 6.07) is 8.34. The van der Waals surface area contributed by atoms with Gasteiger partial charge >= 0.3 is 0 Å². The van der Waals surface area contributed by atoms with Gasteiger partial charge in [0.05, 0.1) is 6.61 Å². The molecule has 1 heterocycles. The van der Waals surface area contributed by atoms with Gasteiger partial charge in [0, 0.05) is 31.0 Å². The first-order valence-electron chi connectivity index (χ1n) is 9.97. The van der Waals surface area contributed by atoms with Gasteiger partial charge in [-0.2, -0.15) is 0 Å². The minimum absolute atomic E-state index is 0.565. The molecule has 0 saturated heterocycles. The van der Waals surface area contributed by atoms with Gasteiger partial charge in [0.1, 0.15) is 5.76 Å². The molecule has 0 saturated carbocycles. The monoisotopic (exact) mass is 392 g/mol. The zero-order valence-electron chi connectivity index (χ0n) is 17.8. The van der Waals surface area contributed by atoms with Gasteiger partial charge in [0.15, 0.2) is 0 Å². The first-order chi connectivity index (χ1) is 14.0. The minimum atomic E-state index is 0.565. The third kappa shape index (κ3) is 7.92. The highest BCUT2D eigenvalue weighted by Crippen LogP contribution is 2.14. The Hall–Kier alpha value is -2.92. The lowest BCUT2D eigenvalue weighted by atomic mass is 10.1. The Morgan fingerprint density at radius 3 is 2.93 bits per heavy atom. The van der Waals surface area contributed by atoms with Gasteiger partial charge in [-0.05, 0) is 62.7 Å². The molecule has 154 valence electrons. The Morgan fingerprint density at radius 1 is 1.34 bits per heavy atom. The van der Waals surface area contributed by atoms with E-state index in [9.17, 15) is 0 Å². The molecule has 2 bridgehead atoms. The molecule has 5 heteroatoms. The number of hydrogen-bond donors (Lipinski definition) is 1. The number of aliphatic imine (C=N–C) groups is 2. The zero-order chi connectivity index (χ0) is 21.1. The van der Waals surface area contributed by atoms with E-state index in [-0.39, 0.29) is 0 Å². The summed E-state index contributed by atoms with van der Waals surface area (Å²) in [7, 11) is 2.11. The number of allylic oxidation sites excluding steroid dienone is 3. The number of fused-ring (bicyclic) bond motifs is 2. The Bertz CT molecular complexity index is 833. The maximum Gasteiger partial charge on any atom is 0.222 e. The Kier molecular flexibility index (Phi) is 9.12. The summed E-state index contributed by atoms with van der Waals surface area (Å²) in [5, 5.41) is 3.33. The fraction of sp³-hybridized carbons (Fsp3) is 0.333. The third-order valence-electron chi connectivity index (χ3n) is 4.34. The Morgan fingerprint density at radius 2 is 2.17 bits per heavy atom. The summed E-state index contributed by atoms with van der Waals surface area (Å²) in [6.45, 7) is 14.8. The van der Waals surface area contributed by atoms with Crippen LogP contribution in [0.5, 0.6) is 0 Å². The van der Waals surface area contributed by atoms with Crippen molar-refractivity contribution >= 4 is 17.4 Å². The predicted molar refractivity (Wildman–Crippen MR) is 125 cm³/mol. The van der Waals surface area contributed by atoms with Gasteiger partial charge in [-0.15, -0.1) is 0 Å². The minimum Gasteiger partial charge on any atom is -0.493 e. The fourth-order valence-electron chi connectivity index (χ4n) is 2.79. The van der Waals surface area contributed by atoms with Crippen molar-refractivity contribution in [1.29, 1.82) is 0 Å². The van der Waals surface area contributed by atoms with E-state index in [1.165, 1.54) is 5.56 Å². The molecule has 1 aromatic carbocycles. The topological polar surface area (TPSA) is 49.2 Å². The molecule has 0 aromatic heterocycles. The molecular weight excluding hydrogens is 360 g/mol. The lowest BCUT2D eigenvalue weighted by molar-refractivity contribution is 0.230. The van der Waals surface area contributed by atoms with Crippen LogP contribution in [0.25, 0.3) is 0 Å². The van der Waals surface area contributed by atoms with Gasteiger partial charge in [0.2, 0.25) is 5.96 Å². The smallest absolute Gasteiger partial charge is 0.222 e. The quantitative estimate of drug-likeness (QED) is 0.723. The highest BCUT2D eigenvalue weighted by Gasteiger charge is 2.05. The number of nitrogens with one attached hydrogen (secondary N) is 1. The number of nitrogens with zero attached hydrogens (tertiary/aromatic N) is 3. The van der Waals surface area contributed by atoms with E-state index >= 15 is 0 Å². The molecule has 0 aliphatic carbocycles. The molecule has 29 heavy (non-hydrogen) atoms. The number of anilines is 1. The summed E-state index contributed by atoms with van der Waals surface area (Å²) in [4.78, 5) is 11.4. The van der Waals surface area contributed by atoms with E-state index in [0.29, 0.717) is 24.9 Å². The van der Waals surface area contributed by atoms with Crippen molar-refractivity contribution in [1.82, 2.24) is 4.90 Å². The highest BCUT2D eigenvalue weighted by molar-refractivity contribution is 6.09. The van der Waals surface area contributed by atoms with Crippen molar-refractivity contribution in [2.24, 2.45) is 9.98 Å². The van der Waals surface area contributed by atoms with Crippen molar-refractivity contribution < 1.29 is 4.74 Å². The van der Waals surface area contributed by atoms with E-state index in [4.69, 9.17) is 4.74 Å². The summed E-state index contributed by atoms with van der Waals surface area (Å²) < 4.78 is 5.81. The molecule has 0 amide bonds. The molecule has 1 N–H and O–H groups in total. The molecule has 1 aliphatic heterocycles. The van der Waals surface area contributed by atoms with Crippen molar-refractivity contribution in [3.63, 3.8) is 0 Å². The lowest BCUT2D eigenvalue weighted by Gasteiger charge is -2.16. The second kappa shape index (κ2) is 11.8. The molecule has 0 unspecified atom stereocenters. The average molecular weight is 393 g/mol. The number of rotatable bonds is 2. The van der Waals surface area contributed by atoms with Crippen LogP contribution in [0.4, 0.5) is 5.69 Å². The van der Waals surface area contributed by atoms with Gasteiger partial charge in [-0.1, -0.05) is 37.4 Å². The van der Waals surface area contributed by atoms with Crippen molar-refractivity contribution in [2.45, 2.75) is 26.8 Å². The van der Waals surface area contributed by atoms with Crippen molar-refractivity contribution in [3.05, 3.63) is 78.6 Å². The molecule has 1 aliphatic rings. The largest absolute Gasteiger partial charge is 0.493 e. The molecule has 2 rings (SSSR count). The lowest BCUT2D eigenvalue weighted by Crippen LogP contribution is -2.18. The number of benzene rings is 1. The van der Waals surface area contributed by atoms with Gasteiger partial charge < -0.3 is 10.1 Å². The normalized spacial score (nSPS) is 23.4. The number of guanidine groups is 1. The van der Waals surface area contributed by atoms with E-state index < -0.39 is 0 Å². The van der Waals surface area contributed by atoms with Crippen LogP contribution >= 0.6 is 0 Å². The van der Waals surface area contributed by atoms with E-state index in [1.54, 1.807) is 6.08 Å². The second-order valence-corrected chi connectivity index (χ2v) is 6.90. The Labute approximate surface area is 174 Å². The van der Waals surface area contributed by atoms with Gasteiger partial charge in [-0.3, -0.25) is 9.89 Å². The molecule has 1 aromatic rings.